The lowest BCUT2D eigenvalue weighted by Gasteiger charge is -2.11. The molecule has 94 valence electrons. The van der Waals surface area contributed by atoms with Gasteiger partial charge in [0.05, 0.1) is 23.4 Å². The molecule has 0 saturated heterocycles. The van der Waals surface area contributed by atoms with Gasteiger partial charge >= 0.3 is 5.97 Å². The number of alkyl halides is 1. The maximum Gasteiger partial charge on any atom is 0.339 e. The normalized spacial score (nSPS) is 12.2. The Bertz CT molecular complexity index is 464. The average Bonchev–Trinajstić information content (AvgIpc) is 2.28. The molecule has 0 saturated carbocycles. The van der Waals surface area contributed by atoms with E-state index in [2.05, 4.69) is 20.7 Å². The summed E-state index contributed by atoms with van der Waals surface area (Å²) in [5.41, 5.74) is 1.49. The molecule has 0 radical (unpaired) electrons. The summed E-state index contributed by atoms with van der Waals surface area (Å²) >= 11 is 7.35. The van der Waals surface area contributed by atoms with Crippen molar-refractivity contribution in [3.05, 3.63) is 33.8 Å². The van der Waals surface area contributed by atoms with Crippen LogP contribution in [0.3, 0.4) is 0 Å². The fourth-order valence-corrected chi connectivity index (χ4v) is 3.01. The molecule has 1 aromatic carbocycles. The number of rotatable bonds is 4. The van der Waals surface area contributed by atoms with E-state index in [4.69, 9.17) is 16.2 Å². The number of halogens is 2. The molecule has 17 heavy (non-hydrogen) atoms. The van der Waals surface area contributed by atoms with E-state index in [-0.39, 0.29) is 16.3 Å². The third-order valence-corrected chi connectivity index (χ3v) is 3.71. The van der Waals surface area contributed by atoms with Crippen LogP contribution in [0.2, 0.25) is 5.02 Å². The first-order chi connectivity index (χ1) is 8.01. The van der Waals surface area contributed by atoms with Gasteiger partial charge in [0.15, 0.2) is 11.1 Å². The third-order valence-electron chi connectivity index (χ3n) is 2.16. The van der Waals surface area contributed by atoms with Gasteiger partial charge in [0.1, 0.15) is 0 Å². The van der Waals surface area contributed by atoms with Crippen molar-refractivity contribution in [1.29, 1.82) is 0 Å². The Morgan fingerprint density at radius 2 is 2.24 bits per heavy atom. The monoisotopic (exact) mass is 340 g/mol. The lowest BCUT2D eigenvalue weighted by molar-refractivity contribution is 0.0601. The molecule has 4 nitrogen and oxygen atoms in total. The second-order valence-corrected chi connectivity index (χ2v) is 5.03. The van der Waals surface area contributed by atoms with Crippen LogP contribution >= 0.6 is 27.5 Å². The van der Waals surface area contributed by atoms with E-state index in [9.17, 15) is 9.00 Å². The standard InChI is InChI=1S/C10H10BrClO4S/c1-16-10(13)7-3-2-6(5-17(14)15)8(4-11)9(7)12/h2-3H,4-5H2,1H3,(H,14,15). The highest BCUT2D eigenvalue weighted by Crippen LogP contribution is 2.28. The van der Waals surface area contributed by atoms with Gasteiger partial charge in [-0.25, -0.2) is 9.00 Å². The Balaban J connectivity index is 3.26. The molecule has 0 spiro atoms. The van der Waals surface area contributed by atoms with Crippen LogP contribution in [0.15, 0.2) is 12.1 Å². The molecule has 0 fully saturated rings. The molecule has 7 heteroatoms. The summed E-state index contributed by atoms with van der Waals surface area (Å²) in [5.74, 6) is -0.559. The van der Waals surface area contributed by atoms with Crippen molar-refractivity contribution in [3.63, 3.8) is 0 Å². The minimum atomic E-state index is -1.95. The van der Waals surface area contributed by atoms with Crippen LogP contribution in [0.25, 0.3) is 0 Å². The van der Waals surface area contributed by atoms with E-state index in [1.165, 1.54) is 13.2 Å². The second kappa shape index (κ2) is 6.49. The fourth-order valence-electron chi connectivity index (χ4n) is 1.34. The highest BCUT2D eigenvalue weighted by atomic mass is 79.9. The Labute approximate surface area is 115 Å². The summed E-state index contributed by atoms with van der Waals surface area (Å²) in [7, 11) is 1.27. The lowest BCUT2D eigenvalue weighted by atomic mass is 10.1. The number of methoxy groups -OCH3 is 1. The summed E-state index contributed by atoms with van der Waals surface area (Å²) in [6, 6.07) is 3.09. The van der Waals surface area contributed by atoms with Crippen LogP contribution in [-0.2, 0) is 26.9 Å². The van der Waals surface area contributed by atoms with Crippen molar-refractivity contribution >= 4 is 44.6 Å². The highest BCUT2D eigenvalue weighted by Gasteiger charge is 2.17. The summed E-state index contributed by atoms with van der Waals surface area (Å²) in [5, 5.41) is 0.639. The Morgan fingerprint density at radius 3 is 2.71 bits per heavy atom. The van der Waals surface area contributed by atoms with Gasteiger partial charge in [0.25, 0.3) is 0 Å². The molecule has 0 bridgehead atoms. The SMILES string of the molecule is COC(=O)c1ccc(CS(=O)O)c(CBr)c1Cl. The van der Waals surface area contributed by atoms with Crippen LogP contribution in [-0.4, -0.2) is 21.8 Å². The second-order valence-electron chi connectivity index (χ2n) is 3.16. The van der Waals surface area contributed by atoms with Gasteiger partial charge in [-0.1, -0.05) is 33.6 Å². The molecule has 0 aliphatic carbocycles. The maximum atomic E-state index is 11.4. The summed E-state index contributed by atoms with van der Waals surface area (Å²) in [6.45, 7) is 0. The van der Waals surface area contributed by atoms with E-state index < -0.39 is 17.0 Å². The average molecular weight is 342 g/mol. The molecule has 1 atom stereocenters. The van der Waals surface area contributed by atoms with Crippen molar-refractivity contribution in [3.8, 4) is 0 Å². The van der Waals surface area contributed by atoms with Gasteiger partial charge in [-0.2, -0.15) is 0 Å². The number of ether oxygens (including phenoxy) is 1. The Morgan fingerprint density at radius 1 is 1.59 bits per heavy atom. The van der Waals surface area contributed by atoms with E-state index in [0.29, 0.717) is 16.5 Å². The molecular formula is C10H10BrClO4S. The fraction of sp³-hybridized carbons (Fsp3) is 0.300. The molecule has 0 heterocycles. The van der Waals surface area contributed by atoms with Gasteiger partial charge < -0.3 is 9.29 Å². The molecular weight excluding hydrogens is 332 g/mol. The first-order valence-electron chi connectivity index (χ1n) is 4.53. The lowest BCUT2D eigenvalue weighted by Crippen LogP contribution is -2.06. The molecule has 0 amide bonds. The number of benzene rings is 1. The van der Waals surface area contributed by atoms with Crippen molar-refractivity contribution in [1.82, 2.24) is 0 Å². The smallest absolute Gasteiger partial charge is 0.339 e. The predicted octanol–water partition coefficient (Wildman–Crippen LogP) is 2.74. The van der Waals surface area contributed by atoms with Gasteiger partial charge in [0.2, 0.25) is 0 Å². The van der Waals surface area contributed by atoms with E-state index >= 15 is 0 Å². The largest absolute Gasteiger partial charge is 0.465 e. The van der Waals surface area contributed by atoms with Crippen LogP contribution in [0.5, 0.6) is 0 Å². The Hall–Kier alpha value is -0.430. The zero-order chi connectivity index (χ0) is 13.0. The number of hydrogen-bond donors (Lipinski definition) is 1. The zero-order valence-electron chi connectivity index (χ0n) is 8.91. The van der Waals surface area contributed by atoms with Gasteiger partial charge in [-0.05, 0) is 17.2 Å². The molecule has 1 rings (SSSR count). The van der Waals surface area contributed by atoms with Crippen molar-refractivity contribution in [2.45, 2.75) is 11.1 Å². The van der Waals surface area contributed by atoms with E-state index in [0.717, 1.165) is 0 Å². The van der Waals surface area contributed by atoms with Crippen LogP contribution in [0, 0.1) is 0 Å². The Kier molecular flexibility index (Phi) is 5.58. The number of carbonyl (C=O) groups excluding carboxylic acids is 1. The van der Waals surface area contributed by atoms with Crippen molar-refractivity contribution in [2.75, 3.05) is 7.11 Å². The predicted molar refractivity (Wildman–Crippen MR) is 69.9 cm³/mol. The summed E-state index contributed by atoms with van der Waals surface area (Å²) in [4.78, 5) is 11.4. The highest BCUT2D eigenvalue weighted by molar-refractivity contribution is 9.08. The van der Waals surface area contributed by atoms with Crippen molar-refractivity contribution < 1.29 is 18.3 Å². The van der Waals surface area contributed by atoms with Crippen LogP contribution in [0.4, 0.5) is 0 Å². The number of hydrogen-bond acceptors (Lipinski definition) is 3. The molecule has 1 unspecified atom stereocenters. The minimum Gasteiger partial charge on any atom is -0.465 e. The maximum absolute atomic E-state index is 11.4. The van der Waals surface area contributed by atoms with Gasteiger partial charge in [-0.3, -0.25) is 0 Å². The van der Waals surface area contributed by atoms with Crippen LogP contribution < -0.4 is 0 Å². The number of esters is 1. The summed E-state index contributed by atoms with van der Waals surface area (Å²) < 4.78 is 24.2. The molecule has 0 aliphatic heterocycles. The van der Waals surface area contributed by atoms with E-state index in [1.807, 2.05) is 0 Å². The molecule has 1 N–H and O–H groups in total. The molecule has 0 aromatic heterocycles. The van der Waals surface area contributed by atoms with Crippen LogP contribution in [0.1, 0.15) is 21.5 Å². The quantitative estimate of drug-likeness (QED) is 0.519. The first kappa shape index (κ1) is 14.6. The van der Waals surface area contributed by atoms with Gasteiger partial charge in [0, 0.05) is 5.33 Å². The molecule has 0 aliphatic rings. The van der Waals surface area contributed by atoms with Gasteiger partial charge in [-0.15, -0.1) is 0 Å². The first-order valence-corrected chi connectivity index (χ1v) is 7.30. The summed E-state index contributed by atoms with van der Waals surface area (Å²) in [6.07, 6.45) is 0. The topological polar surface area (TPSA) is 63.6 Å². The third kappa shape index (κ3) is 3.51. The minimum absolute atomic E-state index is 0.0257. The zero-order valence-corrected chi connectivity index (χ0v) is 12.1. The molecule has 1 aromatic rings. The van der Waals surface area contributed by atoms with Crippen molar-refractivity contribution in [2.24, 2.45) is 0 Å². The number of carbonyl (C=O) groups is 1. The van der Waals surface area contributed by atoms with E-state index in [1.54, 1.807) is 6.07 Å².